The van der Waals surface area contributed by atoms with Gasteiger partial charge in [0.1, 0.15) is 5.92 Å². The summed E-state index contributed by atoms with van der Waals surface area (Å²) >= 11 is 0. The van der Waals surface area contributed by atoms with Crippen LogP contribution in [0.2, 0.25) is 0 Å². The first-order chi connectivity index (χ1) is 15.4. The number of nitrogens with two attached hydrogens (primary N) is 1. The van der Waals surface area contributed by atoms with Crippen LogP contribution in [0.5, 0.6) is 0 Å². The Labute approximate surface area is 185 Å². The molecule has 32 heavy (non-hydrogen) atoms. The third-order valence-electron chi connectivity index (χ3n) is 5.24. The summed E-state index contributed by atoms with van der Waals surface area (Å²) in [7, 11) is 0. The predicted octanol–water partition coefficient (Wildman–Crippen LogP) is 3.28. The largest absolute Gasteiger partial charge is 0.366 e. The van der Waals surface area contributed by atoms with E-state index in [2.05, 4.69) is 10.6 Å². The highest BCUT2D eigenvalue weighted by atomic mass is 16.2. The fourth-order valence-electron chi connectivity index (χ4n) is 3.65. The van der Waals surface area contributed by atoms with Gasteiger partial charge in [0.25, 0.3) is 0 Å². The Morgan fingerprint density at radius 3 is 2.38 bits per heavy atom. The van der Waals surface area contributed by atoms with Crippen LogP contribution in [0.15, 0.2) is 77.8 Å². The van der Waals surface area contributed by atoms with Gasteiger partial charge in [-0.3, -0.25) is 19.4 Å². The molecule has 0 saturated carbocycles. The van der Waals surface area contributed by atoms with Crippen molar-refractivity contribution in [3.63, 3.8) is 0 Å². The molecule has 0 radical (unpaired) electrons. The maximum absolute atomic E-state index is 13.0. The van der Waals surface area contributed by atoms with Gasteiger partial charge in [0.2, 0.25) is 17.7 Å². The van der Waals surface area contributed by atoms with Crippen LogP contribution in [0.1, 0.15) is 39.9 Å². The van der Waals surface area contributed by atoms with E-state index < -0.39 is 11.8 Å². The molecule has 0 bridgehead atoms. The molecule has 0 saturated heterocycles. The number of carbonyl (C=O) groups excluding carboxylic acids is 3. The van der Waals surface area contributed by atoms with Gasteiger partial charge in [-0.2, -0.15) is 0 Å². The van der Waals surface area contributed by atoms with Gasteiger partial charge in [-0.05, 0) is 41.0 Å². The Bertz CT molecular complexity index is 1220. The monoisotopic (exact) mass is 426 g/mol. The number of benzene rings is 3. The number of nitrogens with one attached hydrogen (secondary N) is 2. The maximum Gasteiger partial charge on any atom is 0.248 e. The highest BCUT2D eigenvalue weighted by Crippen LogP contribution is 2.36. The number of carbonyl (C=O) groups is 3. The summed E-state index contributed by atoms with van der Waals surface area (Å²) in [4.78, 5) is 40.5. The molecule has 1 aliphatic heterocycles. The zero-order chi connectivity index (χ0) is 22.7. The minimum Gasteiger partial charge on any atom is -0.366 e. The molecule has 1 heterocycles. The molecule has 0 fully saturated rings. The Balaban J connectivity index is 1.74. The number of hydrogen-bond donors (Lipinski definition) is 3. The summed E-state index contributed by atoms with van der Waals surface area (Å²) in [5.74, 6) is -1.49. The number of amides is 3. The molecule has 0 aliphatic carbocycles. The number of rotatable bonds is 6. The quantitative estimate of drug-likeness (QED) is 0.526. The van der Waals surface area contributed by atoms with Crippen molar-refractivity contribution in [1.29, 1.82) is 0 Å². The lowest BCUT2D eigenvalue weighted by Crippen LogP contribution is -2.22. The molecule has 3 aromatic rings. The smallest absolute Gasteiger partial charge is 0.248 e. The summed E-state index contributed by atoms with van der Waals surface area (Å²) < 4.78 is 0. The molecule has 4 N–H and O–H groups in total. The number of anilines is 1. The maximum atomic E-state index is 13.0. The van der Waals surface area contributed by atoms with Crippen molar-refractivity contribution in [1.82, 2.24) is 5.32 Å². The molecule has 0 aromatic heterocycles. The summed E-state index contributed by atoms with van der Waals surface area (Å²) in [5, 5.41) is 5.61. The Morgan fingerprint density at radius 2 is 1.72 bits per heavy atom. The highest BCUT2D eigenvalue weighted by molar-refractivity contribution is 6.24. The third kappa shape index (κ3) is 4.41. The van der Waals surface area contributed by atoms with E-state index in [0.29, 0.717) is 29.2 Å². The van der Waals surface area contributed by atoms with Gasteiger partial charge in [0.15, 0.2) is 0 Å². The van der Waals surface area contributed by atoms with Crippen LogP contribution >= 0.6 is 0 Å². The first-order valence-electron chi connectivity index (χ1n) is 10.1. The Kier molecular flexibility index (Phi) is 5.81. The Hall–Kier alpha value is -4.26. The molecule has 1 aliphatic rings. The van der Waals surface area contributed by atoms with Gasteiger partial charge in [-0.1, -0.05) is 48.5 Å². The number of fused-ring (bicyclic) bond motifs is 1. The van der Waals surface area contributed by atoms with E-state index >= 15 is 0 Å². The van der Waals surface area contributed by atoms with Crippen molar-refractivity contribution in [2.75, 3.05) is 5.32 Å². The van der Waals surface area contributed by atoms with E-state index in [0.717, 1.165) is 16.7 Å². The summed E-state index contributed by atoms with van der Waals surface area (Å²) in [6.45, 7) is 1.91. The van der Waals surface area contributed by atoms with Crippen molar-refractivity contribution >= 4 is 34.8 Å². The second kappa shape index (κ2) is 8.85. The van der Waals surface area contributed by atoms with Crippen molar-refractivity contribution in [2.45, 2.75) is 19.4 Å². The molecular weight excluding hydrogens is 404 g/mol. The normalized spacial score (nSPS) is 15.1. The second-order valence-corrected chi connectivity index (χ2v) is 7.53. The Morgan fingerprint density at radius 1 is 1.00 bits per heavy atom. The average molecular weight is 426 g/mol. The van der Waals surface area contributed by atoms with E-state index in [4.69, 9.17) is 10.7 Å². The van der Waals surface area contributed by atoms with Gasteiger partial charge in [-0.15, -0.1) is 0 Å². The molecule has 1 atom stereocenters. The molecule has 7 nitrogen and oxygen atoms in total. The van der Waals surface area contributed by atoms with Crippen LogP contribution < -0.4 is 16.4 Å². The number of hydrogen-bond acceptors (Lipinski definition) is 4. The van der Waals surface area contributed by atoms with E-state index in [1.165, 1.54) is 6.92 Å². The van der Waals surface area contributed by atoms with Gasteiger partial charge >= 0.3 is 0 Å². The second-order valence-electron chi connectivity index (χ2n) is 7.53. The van der Waals surface area contributed by atoms with Crippen LogP contribution in [0, 0.1) is 0 Å². The van der Waals surface area contributed by atoms with Crippen LogP contribution in [-0.4, -0.2) is 23.4 Å². The summed E-state index contributed by atoms with van der Waals surface area (Å²) in [6.07, 6.45) is 0. The van der Waals surface area contributed by atoms with Crippen LogP contribution in [0.3, 0.4) is 0 Å². The molecule has 3 amide bonds. The molecule has 4 rings (SSSR count). The van der Waals surface area contributed by atoms with E-state index in [-0.39, 0.29) is 11.8 Å². The predicted molar refractivity (Wildman–Crippen MR) is 123 cm³/mol. The van der Waals surface area contributed by atoms with E-state index in [9.17, 15) is 14.4 Å². The van der Waals surface area contributed by atoms with E-state index in [1.54, 1.807) is 18.2 Å². The first-order valence-corrected chi connectivity index (χ1v) is 10.1. The standard InChI is InChI=1S/C25H22N4O3/c1-15(30)27-14-16-7-10-19(11-8-16)28-23(17-5-3-2-4-6-17)22-20-12-9-18(24(26)31)13-21(20)29-25(22)32/h2-13,22H,14H2,1H3,(H2,26,31)(H,27,30)(H,29,32). The van der Waals surface area contributed by atoms with Crippen molar-refractivity contribution in [3.8, 4) is 0 Å². The lowest BCUT2D eigenvalue weighted by molar-refractivity contribution is -0.119. The van der Waals surface area contributed by atoms with Gasteiger partial charge in [0, 0.05) is 24.7 Å². The summed E-state index contributed by atoms with van der Waals surface area (Å²) in [5.41, 5.74) is 10.1. The fraction of sp³-hybridized carbons (Fsp3) is 0.120. The minimum absolute atomic E-state index is 0.0936. The zero-order valence-electron chi connectivity index (χ0n) is 17.5. The molecule has 3 aromatic carbocycles. The van der Waals surface area contributed by atoms with Gasteiger partial charge < -0.3 is 16.4 Å². The lowest BCUT2D eigenvalue weighted by atomic mass is 9.90. The molecule has 1 unspecified atom stereocenters. The van der Waals surface area contributed by atoms with Crippen LogP contribution in [0.25, 0.3) is 0 Å². The van der Waals surface area contributed by atoms with Crippen molar-refractivity contribution in [3.05, 3.63) is 95.1 Å². The third-order valence-corrected chi connectivity index (χ3v) is 5.24. The lowest BCUT2D eigenvalue weighted by Gasteiger charge is -2.14. The molecule has 0 spiro atoms. The molecular formula is C25H22N4O3. The van der Waals surface area contributed by atoms with Gasteiger partial charge in [0.05, 0.1) is 11.4 Å². The number of nitrogens with zero attached hydrogens (tertiary/aromatic N) is 1. The minimum atomic E-state index is -0.631. The SMILES string of the molecule is CC(=O)NCc1ccc(N=C(c2ccccc2)C2C(=O)Nc3cc(C(N)=O)ccc32)cc1. The number of primary amides is 1. The number of aliphatic imine (C=N–C) groups is 1. The topological polar surface area (TPSA) is 114 Å². The average Bonchev–Trinajstić information content (AvgIpc) is 3.12. The van der Waals surface area contributed by atoms with Gasteiger partial charge in [-0.25, -0.2) is 0 Å². The van der Waals surface area contributed by atoms with Crippen molar-refractivity contribution < 1.29 is 14.4 Å². The summed E-state index contributed by atoms with van der Waals surface area (Å²) in [6, 6.07) is 21.9. The molecule has 160 valence electrons. The van der Waals surface area contributed by atoms with Crippen molar-refractivity contribution in [2.24, 2.45) is 10.7 Å². The highest BCUT2D eigenvalue weighted by Gasteiger charge is 2.35. The fourth-order valence-corrected chi connectivity index (χ4v) is 3.65. The zero-order valence-corrected chi connectivity index (χ0v) is 17.5. The van der Waals surface area contributed by atoms with E-state index in [1.807, 2.05) is 54.6 Å². The first kappa shape index (κ1) is 21.0. The molecule has 7 heteroatoms. The van der Waals surface area contributed by atoms with Crippen LogP contribution in [0.4, 0.5) is 11.4 Å². The van der Waals surface area contributed by atoms with Crippen LogP contribution in [-0.2, 0) is 16.1 Å².